The second-order valence-electron chi connectivity index (χ2n) is 20.7. The number of aliphatic hydroxyl groups is 2. The molecule has 0 aromatic heterocycles. The van der Waals surface area contributed by atoms with E-state index in [1.165, 1.54) is 18.1 Å². The van der Waals surface area contributed by atoms with Crippen molar-refractivity contribution < 1.29 is 33.3 Å². The Hall–Kier alpha value is -3.10. The summed E-state index contributed by atoms with van der Waals surface area (Å²) in [6.07, 6.45) is 11.5. The predicted octanol–water partition coefficient (Wildman–Crippen LogP) is 11.2. The van der Waals surface area contributed by atoms with Crippen molar-refractivity contribution in [2.75, 3.05) is 13.1 Å². The van der Waals surface area contributed by atoms with Gasteiger partial charge in [0.1, 0.15) is 6.10 Å². The van der Waals surface area contributed by atoms with E-state index in [-0.39, 0.29) is 35.6 Å². The van der Waals surface area contributed by atoms with Gasteiger partial charge in [-0.3, -0.25) is 4.79 Å². The van der Waals surface area contributed by atoms with Gasteiger partial charge in [-0.25, -0.2) is 13.6 Å². The van der Waals surface area contributed by atoms with Gasteiger partial charge in [-0.1, -0.05) is 71.7 Å². The molecule has 9 rings (SSSR count). The molecule has 0 spiro atoms. The highest BCUT2D eigenvalue weighted by atomic mass is 19.2. The van der Waals surface area contributed by atoms with Crippen LogP contribution in [0.3, 0.4) is 0 Å². The fourth-order valence-electron chi connectivity index (χ4n) is 12.4. The molecule has 0 saturated heterocycles. The highest BCUT2D eigenvalue weighted by Gasteiger charge is 2.59. The zero-order chi connectivity index (χ0) is 41.7. The van der Waals surface area contributed by atoms with E-state index in [1.54, 1.807) is 0 Å². The molecule has 2 aromatic rings. The summed E-state index contributed by atoms with van der Waals surface area (Å²) in [4.78, 5) is 31.1. The highest BCUT2D eigenvalue weighted by molar-refractivity contribution is 6.10. The lowest BCUT2D eigenvalue weighted by atomic mass is 9.45. The molecule has 5 fully saturated rings. The van der Waals surface area contributed by atoms with Crippen LogP contribution in [0.15, 0.2) is 48.0 Å². The number of aliphatic hydroxyl groups excluding tert-OH is 1. The fourth-order valence-corrected chi connectivity index (χ4v) is 12.4. The summed E-state index contributed by atoms with van der Waals surface area (Å²) in [5, 5.41) is 24.4. The van der Waals surface area contributed by atoms with E-state index in [4.69, 9.17) is 4.74 Å². The molecule has 10 atom stereocenters. The van der Waals surface area contributed by atoms with E-state index in [9.17, 15) is 28.6 Å². The predicted molar refractivity (Wildman–Crippen MR) is 224 cm³/mol. The number of amides is 1. The van der Waals surface area contributed by atoms with Crippen LogP contribution in [0.5, 0.6) is 0 Å². The first-order chi connectivity index (χ1) is 27.4. The summed E-state index contributed by atoms with van der Waals surface area (Å²) in [5.41, 5.74) is 1.30. The van der Waals surface area contributed by atoms with E-state index < -0.39 is 34.5 Å². The molecule has 0 heterocycles. The van der Waals surface area contributed by atoms with Gasteiger partial charge in [0, 0.05) is 23.1 Å². The number of rotatable bonds is 8. The molecule has 10 unspecified atom stereocenters. The maximum absolute atomic E-state index is 14.8. The van der Waals surface area contributed by atoms with E-state index >= 15 is 0 Å². The van der Waals surface area contributed by atoms with Gasteiger partial charge in [-0.2, -0.15) is 0 Å². The Balaban J connectivity index is 1.27. The second kappa shape index (κ2) is 16.7. The molecular weight excluding hydrogens is 733 g/mol. The lowest BCUT2D eigenvalue weighted by molar-refractivity contribution is -0.122. The molecule has 4 bridgehead atoms. The topological polar surface area (TPSA) is 87.1 Å². The van der Waals surface area contributed by atoms with Crippen LogP contribution in [0, 0.1) is 58.0 Å². The van der Waals surface area contributed by atoms with Crippen LogP contribution in [0.2, 0.25) is 0 Å². The summed E-state index contributed by atoms with van der Waals surface area (Å²) in [7, 11) is 0. The Kier molecular flexibility index (Phi) is 12.4. The number of allylic oxidation sites excluding steroid dienone is 2. The smallest absolute Gasteiger partial charge is 0.410 e. The van der Waals surface area contributed by atoms with Gasteiger partial charge >= 0.3 is 6.09 Å². The molecule has 1 amide bonds. The molecule has 2 N–H and O–H groups in total. The van der Waals surface area contributed by atoms with Gasteiger partial charge in [0.2, 0.25) is 0 Å². The number of halogens is 2. The minimum atomic E-state index is -1.31. The van der Waals surface area contributed by atoms with Crippen LogP contribution < -0.4 is 0 Å². The average molecular weight is 802 g/mol. The number of hydrogen-bond acceptors (Lipinski definition) is 5. The van der Waals surface area contributed by atoms with E-state index in [1.807, 2.05) is 23.1 Å². The van der Waals surface area contributed by atoms with Crippen molar-refractivity contribution in [3.8, 4) is 0 Å². The fraction of sp³-hybridized carbons (Fsp3) is 0.680. The molecule has 0 aliphatic heterocycles. The van der Waals surface area contributed by atoms with Crippen molar-refractivity contribution in [1.29, 1.82) is 0 Å². The van der Waals surface area contributed by atoms with Crippen LogP contribution in [0.1, 0.15) is 158 Å². The molecule has 7 aliphatic rings. The summed E-state index contributed by atoms with van der Waals surface area (Å²) in [6.45, 7) is 16.4. The normalized spacial score (nSPS) is 34.7. The van der Waals surface area contributed by atoms with Crippen molar-refractivity contribution in [2.24, 2.45) is 46.3 Å². The van der Waals surface area contributed by atoms with Gasteiger partial charge in [0.05, 0.1) is 18.2 Å². The monoisotopic (exact) mass is 802 g/mol. The lowest BCUT2D eigenvalue weighted by Crippen LogP contribution is -2.58. The van der Waals surface area contributed by atoms with E-state index in [0.717, 1.165) is 67.7 Å². The molecule has 58 heavy (non-hydrogen) atoms. The number of nitrogens with zero attached hydrogens (tertiary/aromatic N) is 1. The molecule has 8 heteroatoms. The summed E-state index contributed by atoms with van der Waals surface area (Å²) in [6, 6.07) is 8.98. The van der Waals surface area contributed by atoms with Crippen molar-refractivity contribution >= 4 is 11.9 Å². The molecule has 6 nitrogen and oxygen atoms in total. The minimum absolute atomic E-state index is 0.0479. The van der Waals surface area contributed by atoms with Crippen LogP contribution >= 0.6 is 0 Å². The first-order valence-electron chi connectivity index (χ1n) is 22.5. The van der Waals surface area contributed by atoms with Crippen LogP contribution in [0.25, 0.3) is 0 Å². The third-order valence-corrected chi connectivity index (χ3v) is 16.5. The number of hydrogen-bond donors (Lipinski definition) is 2. The molecular formula is C50H69F2NO5. The zero-order valence-electron chi connectivity index (χ0n) is 36.2. The quantitative estimate of drug-likeness (QED) is 0.205. The second-order valence-corrected chi connectivity index (χ2v) is 20.7. The number of fused-ring (bicyclic) bond motifs is 10. The number of carbonyl (C=O) groups is 2. The standard InChI is InChI=1S/C50H69F2NO5/c1-30(2)38-17-11-32(4)23-45(38)58-47(56)53(28-35-13-15-36-27-42(35)48(36,5)6)29-50(57)22-20-41-39-18-12-33(24-37(54)16-10-31(3)9-8-21-49(41,50)7)25-40(39)46(55)34-14-19-43(51)44(52)26-34/h9,12,14,18-19,25-26,30,32,35-38,41-42,45,54,57H,8,10-11,13,15-17,20-24,27-29H2,1-7H3. The molecule has 7 aliphatic carbocycles. The number of benzene rings is 2. The van der Waals surface area contributed by atoms with Crippen molar-refractivity contribution in [3.05, 3.63) is 81.9 Å². The molecule has 2 aromatic carbocycles. The molecule has 5 saturated carbocycles. The van der Waals surface area contributed by atoms with Gasteiger partial charge in [-0.15, -0.1) is 0 Å². The number of carbonyl (C=O) groups excluding carboxylic acids is 2. The van der Waals surface area contributed by atoms with Crippen LogP contribution in [-0.2, 0) is 11.2 Å². The molecule has 318 valence electrons. The molecule has 0 radical (unpaired) electrons. The zero-order valence-corrected chi connectivity index (χ0v) is 36.2. The number of ketones is 1. The Labute approximate surface area is 346 Å². The van der Waals surface area contributed by atoms with Gasteiger partial charge in [0.25, 0.3) is 0 Å². The van der Waals surface area contributed by atoms with Crippen molar-refractivity contribution in [1.82, 2.24) is 4.90 Å². The Morgan fingerprint density at radius 3 is 2.43 bits per heavy atom. The van der Waals surface area contributed by atoms with E-state index in [2.05, 4.69) is 54.5 Å². The maximum Gasteiger partial charge on any atom is 0.410 e. The van der Waals surface area contributed by atoms with E-state index in [0.29, 0.717) is 80.2 Å². The highest BCUT2D eigenvalue weighted by Crippen LogP contribution is 2.62. The van der Waals surface area contributed by atoms with Crippen molar-refractivity contribution in [3.63, 3.8) is 0 Å². The number of ether oxygens (including phenoxy) is 1. The van der Waals surface area contributed by atoms with Crippen LogP contribution in [0.4, 0.5) is 13.6 Å². The van der Waals surface area contributed by atoms with Crippen LogP contribution in [-0.4, -0.2) is 57.9 Å². The Morgan fingerprint density at radius 2 is 1.72 bits per heavy atom. The Morgan fingerprint density at radius 1 is 0.948 bits per heavy atom. The van der Waals surface area contributed by atoms with Gasteiger partial charge in [0.15, 0.2) is 17.4 Å². The summed E-state index contributed by atoms with van der Waals surface area (Å²) < 4.78 is 35.2. The first-order valence-corrected chi connectivity index (χ1v) is 22.5. The lowest BCUT2D eigenvalue weighted by Gasteiger charge is -2.60. The Bertz CT molecular complexity index is 1870. The summed E-state index contributed by atoms with van der Waals surface area (Å²) >= 11 is 0. The summed E-state index contributed by atoms with van der Waals surface area (Å²) in [5.74, 6) is -0.0714. The first kappa shape index (κ1) is 43.0. The SMILES string of the molecule is CC1=CCCC2(C)C(CCC2(O)CN(CC2CCC3CC2C3(C)C)C(=O)OC2CC(C)CCC2C(C)C)c2ccc(cc2C(=O)c2ccc(F)c(F)c2)CC(O)CC1. The average Bonchev–Trinajstić information content (AvgIpc) is 3.42. The van der Waals surface area contributed by atoms with Gasteiger partial charge < -0.3 is 19.8 Å². The third-order valence-electron chi connectivity index (χ3n) is 16.5. The largest absolute Gasteiger partial charge is 0.446 e. The maximum atomic E-state index is 14.8. The van der Waals surface area contributed by atoms with Crippen molar-refractivity contribution in [2.45, 2.75) is 156 Å². The van der Waals surface area contributed by atoms with Gasteiger partial charge in [-0.05, 0) is 166 Å². The third kappa shape index (κ3) is 8.32. The minimum Gasteiger partial charge on any atom is -0.446 e.